The Kier molecular flexibility index (Phi) is 3.43. The van der Waals surface area contributed by atoms with Crippen molar-refractivity contribution in [2.45, 2.75) is 6.92 Å². The summed E-state index contributed by atoms with van der Waals surface area (Å²) in [5.74, 6) is -1.67. The molecule has 0 aromatic carbocycles. The molecular weight excluding hydrogens is 262 g/mol. The lowest BCUT2D eigenvalue weighted by Gasteiger charge is -2.05. The molecule has 2 rings (SSSR count). The number of pyridine rings is 1. The molecule has 0 aliphatic rings. The van der Waals surface area contributed by atoms with E-state index in [9.17, 15) is 14.4 Å². The van der Waals surface area contributed by atoms with Crippen molar-refractivity contribution in [2.24, 2.45) is 7.05 Å². The number of nitrogens with one attached hydrogen (secondary N) is 2. The van der Waals surface area contributed by atoms with E-state index in [0.717, 1.165) is 0 Å². The molecular formula is C13H13N3O4. The van der Waals surface area contributed by atoms with E-state index in [-0.39, 0.29) is 22.4 Å². The lowest BCUT2D eigenvalue weighted by molar-refractivity contribution is 0.0697. The van der Waals surface area contributed by atoms with Gasteiger partial charge in [-0.25, -0.2) is 4.79 Å². The maximum absolute atomic E-state index is 12.0. The van der Waals surface area contributed by atoms with Gasteiger partial charge in [0.2, 0.25) is 0 Å². The van der Waals surface area contributed by atoms with Crippen molar-refractivity contribution >= 4 is 17.6 Å². The average molecular weight is 275 g/mol. The zero-order chi connectivity index (χ0) is 14.9. The van der Waals surface area contributed by atoms with E-state index in [2.05, 4.69) is 10.3 Å². The summed E-state index contributed by atoms with van der Waals surface area (Å²) in [7, 11) is 1.57. The molecule has 20 heavy (non-hydrogen) atoms. The summed E-state index contributed by atoms with van der Waals surface area (Å²) in [6, 6.07) is 2.67. The van der Waals surface area contributed by atoms with Crippen LogP contribution in [0.3, 0.4) is 0 Å². The quantitative estimate of drug-likeness (QED) is 0.776. The van der Waals surface area contributed by atoms with Crippen LogP contribution in [0.25, 0.3) is 0 Å². The summed E-state index contributed by atoms with van der Waals surface area (Å²) in [5.41, 5.74) is 0.462. The number of aromatic nitrogens is 2. The van der Waals surface area contributed by atoms with Crippen LogP contribution in [0.15, 0.2) is 29.3 Å². The van der Waals surface area contributed by atoms with E-state index in [4.69, 9.17) is 5.11 Å². The van der Waals surface area contributed by atoms with Gasteiger partial charge in [-0.05, 0) is 13.0 Å². The minimum absolute atomic E-state index is 0.00202. The van der Waals surface area contributed by atoms with Crippen molar-refractivity contribution in [1.82, 2.24) is 9.55 Å². The lowest BCUT2D eigenvalue weighted by Crippen LogP contribution is -2.20. The molecule has 0 fully saturated rings. The number of aryl methyl sites for hydroxylation is 2. The molecule has 0 unspecified atom stereocenters. The second kappa shape index (κ2) is 5.04. The molecule has 0 aliphatic heterocycles. The number of carboxylic acids is 1. The molecule has 3 N–H and O–H groups in total. The van der Waals surface area contributed by atoms with Gasteiger partial charge in [0.05, 0.1) is 5.69 Å². The monoisotopic (exact) mass is 275 g/mol. The van der Waals surface area contributed by atoms with Crippen LogP contribution in [-0.4, -0.2) is 26.5 Å². The zero-order valence-electron chi connectivity index (χ0n) is 10.9. The molecule has 0 aliphatic carbocycles. The third kappa shape index (κ3) is 2.46. The van der Waals surface area contributed by atoms with Gasteiger partial charge in [0.1, 0.15) is 5.56 Å². The Morgan fingerprint density at radius 1 is 1.40 bits per heavy atom. The Morgan fingerprint density at radius 2 is 2.10 bits per heavy atom. The van der Waals surface area contributed by atoms with E-state index in [1.807, 2.05) is 0 Å². The molecule has 2 aromatic heterocycles. The SMILES string of the molecule is Cc1[nH]cc(NC(=O)c2ccn(C)c(=O)c2)c1C(=O)O. The largest absolute Gasteiger partial charge is 0.478 e. The second-order valence-corrected chi connectivity index (χ2v) is 4.33. The van der Waals surface area contributed by atoms with E-state index < -0.39 is 11.9 Å². The van der Waals surface area contributed by atoms with Crippen molar-refractivity contribution < 1.29 is 14.7 Å². The molecule has 7 nitrogen and oxygen atoms in total. The standard InChI is InChI=1S/C13H13N3O4/c1-7-11(13(19)20)9(6-14-7)15-12(18)8-3-4-16(2)10(17)5-8/h3-6,14H,1-2H3,(H,15,18)(H,19,20). The Bertz CT molecular complexity index is 742. The minimum Gasteiger partial charge on any atom is -0.478 e. The van der Waals surface area contributed by atoms with Crippen LogP contribution in [0.4, 0.5) is 5.69 Å². The fourth-order valence-electron chi connectivity index (χ4n) is 1.79. The molecule has 0 saturated carbocycles. The van der Waals surface area contributed by atoms with E-state index in [1.165, 1.54) is 29.1 Å². The maximum atomic E-state index is 12.0. The van der Waals surface area contributed by atoms with Crippen molar-refractivity contribution in [3.05, 3.63) is 51.7 Å². The molecule has 0 spiro atoms. The zero-order valence-corrected chi connectivity index (χ0v) is 10.9. The number of carbonyl (C=O) groups is 2. The number of anilines is 1. The summed E-state index contributed by atoms with van der Waals surface area (Å²) in [4.78, 5) is 37.3. The fraction of sp³-hybridized carbons (Fsp3) is 0.154. The molecule has 0 saturated heterocycles. The summed E-state index contributed by atoms with van der Waals surface area (Å²) < 4.78 is 1.33. The highest BCUT2D eigenvalue weighted by Crippen LogP contribution is 2.19. The fourth-order valence-corrected chi connectivity index (χ4v) is 1.79. The molecule has 0 bridgehead atoms. The Morgan fingerprint density at radius 3 is 2.70 bits per heavy atom. The molecule has 0 atom stereocenters. The van der Waals surface area contributed by atoms with Crippen molar-refractivity contribution in [2.75, 3.05) is 5.32 Å². The lowest BCUT2D eigenvalue weighted by atomic mass is 10.2. The van der Waals surface area contributed by atoms with E-state index >= 15 is 0 Å². The minimum atomic E-state index is -1.14. The van der Waals surface area contributed by atoms with Gasteiger partial charge in [0.25, 0.3) is 11.5 Å². The molecule has 104 valence electrons. The third-order valence-corrected chi connectivity index (χ3v) is 2.91. The Labute approximate surface area is 113 Å². The molecule has 7 heteroatoms. The number of H-pyrrole nitrogens is 1. The number of aromatic carboxylic acids is 1. The van der Waals surface area contributed by atoms with E-state index in [1.54, 1.807) is 14.0 Å². The molecule has 2 heterocycles. The summed E-state index contributed by atoms with van der Waals surface area (Å²) in [6.07, 6.45) is 2.87. The van der Waals surface area contributed by atoms with Gasteiger partial charge < -0.3 is 20.0 Å². The van der Waals surface area contributed by atoms with Crippen LogP contribution < -0.4 is 10.9 Å². The second-order valence-electron chi connectivity index (χ2n) is 4.33. The summed E-state index contributed by atoms with van der Waals surface area (Å²) >= 11 is 0. The van der Waals surface area contributed by atoms with Crippen LogP contribution in [0.2, 0.25) is 0 Å². The Hall–Kier alpha value is -2.83. The highest BCUT2D eigenvalue weighted by molar-refractivity contribution is 6.08. The van der Waals surface area contributed by atoms with Crippen molar-refractivity contribution in [1.29, 1.82) is 0 Å². The predicted octanol–water partition coefficient (Wildman–Crippen LogP) is 0.972. The van der Waals surface area contributed by atoms with E-state index in [0.29, 0.717) is 5.69 Å². The van der Waals surface area contributed by atoms with Gasteiger partial charge >= 0.3 is 5.97 Å². The van der Waals surface area contributed by atoms with Gasteiger partial charge in [-0.15, -0.1) is 0 Å². The number of amides is 1. The van der Waals surface area contributed by atoms with Gasteiger partial charge in [-0.3, -0.25) is 9.59 Å². The van der Waals surface area contributed by atoms with Crippen molar-refractivity contribution in [3.8, 4) is 0 Å². The first-order chi connectivity index (χ1) is 9.40. The summed E-state index contributed by atoms with van der Waals surface area (Å²) in [6.45, 7) is 1.59. The number of carboxylic acid groups (broad SMARTS) is 1. The van der Waals surface area contributed by atoms with Gasteiger partial charge in [-0.2, -0.15) is 0 Å². The van der Waals surface area contributed by atoms with Gasteiger partial charge in [0, 0.05) is 36.8 Å². The number of hydrogen-bond donors (Lipinski definition) is 3. The van der Waals surface area contributed by atoms with Gasteiger partial charge in [-0.1, -0.05) is 0 Å². The predicted molar refractivity (Wildman–Crippen MR) is 72.1 cm³/mol. The highest BCUT2D eigenvalue weighted by Gasteiger charge is 2.17. The maximum Gasteiger partial charge on any atom is 0.339 e. The number of rotatable bonds is 3. The first-order valence-corrected chi connectivity index (χ1v) is 5.79. The number of nitrogens with zero attached hydrogens (tertiary/aromatic N) is 1. The number of aromatic amines is 1. The molecule has 1 amide bonds. The van der Waals surface area contributed by atoms with Crippen molar-refractivity contribution in [3.63, 3.8) is 0 Å². The van der Waals surface area contributed by atoms with Crippen LogP contribution in [-0.2, 0) is 7.05 Å². The normalized spacial score (nSPS) is 10.3. The average Bonchev–Trinajstić information content (AvgIpc) is 2.73. The van der Waals surface area contributed by atoms with Crippen LogP contribution in [0, 0.1) is 6.92 Å². The first-order valence-electron chi connectivity index (χ1n) is 5.79. The topological polar surface area (TPSA) is 104 Å². The smallest absolute Gasteiger partial charge is 0.339 e. The van der Waals surface area contributed by atoms with Crippen LogP contribution in [0.5, 0.6) is 0 Å². The Balaban J connectivity index is 2.30. The number of hydrogen-bond acceptors (Lipinski definition) is 3. The molecule has 0 radical (unpaired) electrons. The highest BCUT2D eigenvalue weighted by atomic mass is 16.4. The number of carbonyl (C=O) groups excluding carboxylic acids is 1. The third-order valence-electron chi connectivity index (χ3n) is 2.91. The van der Waals surface area contributed by atoms with Gasteiger partial charge in [0.15, 0.2) is 0 Å². The summed E-state index contributed by atoms with van der Waals surface area (Å²) in [5, 5.41) is 11.6. The van der Waals surface area contributed by atoms with Crippen LogP contribution in [0.1, 0.15) is 26.4 Å². The first kappa shape index (κ1) is 13.6. The molecule has 2 aromatic rings. The van der Waals surface area contributed by atoms with Crippen LogP contribution >= 0.6 is 0 Å².